The summed E-state index contributed by atoms with van der Waals surface area (Å²) in [6.07, 6.45) is 7.38. The molecule has 0 radical (unpaired) electrons. The van der Waals surface area contributed by atoms with Crippen molar-refractivity contribution < 1.29 is 4.79 Å². The molecule has 0 aliphatic heterocycles. The van der Waals surface area contributed by atoms with Gasteiger partial charge in [-0.1, -0.05) is 34.7 Å². The van der Waals surface area contributed by atoms with Gasteiger partial charge in [-0.15, -0.1) is 0 Å². The summed E-state index contributed by atoms with van der Waals surface area (Å²) >= 11 is 3.27. The predicted octanol–water partition coefficient (Wildman–Crippen LogP) is 3.72. The number of anilines is 1. The molecule has 6 nitrogen and oxygen atoms in total. The highest BCUT2D eigenvalue weighted by atomic mass is 79.9. The van der Waals surface area contributed by atoms with Crippen LogP contribution in [0.5, 0.6) is 0 Å². The van der Waals surface area contributed by atoms with Crippen LogP contribution in [0, 0.1) is 0 Å². The van der Waals surface area contributed by atoms with Crippen LogP contribution in [0.3, 0.4) is 0 Å². The van der Waals surface area contributed by atoms with Gasteiger partial charge in [-0.2, -0.15) is 5.10 Å². The van der Waals surface area contributed by atoms with Crippen molar-refractivity contribution >= 4 is 27.5 Å². The first-order valence-electron chi connectivity index (χ1n) is 8.38. The molecule has 27 heavy (non-hydrogen) atoms. The largest absolute Gasteiger partial charge is 0.369 e. The molecule has 1 aromatic heterocycles. The number of benzene rings is 1. The van der Waals surface area contributed by atoms with E-state index >= 15 is 0 Å². The van der Waals surface area contributed by atoms with Crippen LogP contribution in [0.15, 0.2) is 65.4 Å². The monoisotopic (exact) mass is 429 g/mol. The van der Waals surface area contributed by atoms with Crippen LogP contribution in [0.4, 0.5) is 5.69 Å². The predicted molar refractivity (Wildman–Crippen MR) is 114 cm³/mol. The molecule has 0 fully saturated rings. The van der Waals surface area contributed by atoms with Gasteiger partial charge in [0.25, 0.3) is 0 Å². The second-order valence-corrected chi connectivity index (χ2v) is 7.27. The normalized spacial score (nSPS) is 13.0. The number of allylic oxidation sites excluding steroid dienone is 5. The summed E-state index contributed by atoms with van der Waals surface area (Å²) in [5.74, 6) is 5.40. The van der Waals surface area contributed by atoms with Crippen LogP contribution in [0.1, 0.15) is 25.3 Å². The lowest BCUT2D eigenvalue weighted by atomic mass is 9.95. The second kappa shape index (κ2) is 8.83. The van der Waals surface area contributed by atoms with E-state index in [4.69, 9.17) is 11.6 Å². The number of carbonyl (C=O) groups is 1. The number of nitrogens with zero attached hydrogens (tertiary/aromatic N) is 3. The minimum atomic E-state index is -0.500. The smallest absolute Gasteiger partial charge is 0.224 e. The van der Waals surface area contributed by atoms with E-state index < -0.39 is 11.8 Å². The minimum Gasteiger partial charge on any atom is -0.369 e. The number of rotatable bonds is 7. The van der Waals surface area contributed by atoms with E-state index in [1.54, 1.807) is 11.6 Å². The van der Waals surface area contributed by atoms with Gasteiger partial charge in [0.1, 0.15) is 0 Å². The summed E-state index contributed by atoms with van der Waals surface area (Å²) in [7, 11) is 1.86. The summed E-state index contributed by atoms with van der Waals surface area (Å²) in [6, 6.07) is 7.63. The van der Waals surface area contributed by atoms with Crippen molar-refractivity contribution in [1.82, 2.24) is 9.78 Å². The van der Waals surface area contributed by atoms with E-state index in [9.17, 15) is 4.79 Å². The number of halogens is 1. The molecule has 0 bridgehead atoms. The van der Waals surface area contributed by atoms with E-state index in [0.29, 0.717) is 5.69 Å². The molecule has 0 aliphatic carbocycles. The molecule has 0 saturated heterocycles. The number of hydrazine groups is 1. The summed E-state index contributed by atoms with van der Waals surface area (Å²) in [5.41, 5.74) is 9.52. The third-order valence-corrected chi connectivity index (χ3v) is 4.45. The molecule has 0 spiro atoms. The fourth-order valence-corrected chi connectivity index (χ4v) is 2.72. The van der Waals surface area contributed by atoms with Crippen LogP contribution in [0.2, 0.25) is 0 Å². The molecule has 0 saturated carbocycles. The fourth-order valence-electron chi connectivity index (χ4n) is 2.56. The fraction of sp³-hybridized carbons (Fsp3) is 0.200. The number of aryl methyl sites for hydroxylation is 1. The second-order valence-electron chi connectivity index (χ2n) is 6.26. The highest BCUT2D eigenvalue weighted by Gasteiger charge is 2.20. The SMILES string of the molecule is C=C(Br)/C=C\C=C(/C)N(N)c1ccc(-c2ccn(C)n2)cc1C(C)C(N)=O. The number of hydrogen-bond donors (Lipinski definition) is 2. The highest BCUT2D eigenvalue weighted by Crippen LogP contribution is 2.32. The molecule has 1 atom stereocenters. The van der Waals surface area contributed by atoms with Gasteiger partial charge in [-0.25, -0.2) is 5.84 Å². The molecule has 0 aliphatic rings. The lowest BCUT2D eigenvalue weighted by molar-refractivity contribution is -0.119. The Morgan fingerprint density at radius 2 is 2.11 bits per heavy atom. The first-order chi connectivity index (χ1) is 12.7. The van der Waals surface area contributed by atoms with Crippen LogP contribution in [0.25, 0.3) is 11.3 Å². The number of carbonyl (C=O) groups excluding carboxylic acids is 1. The average molecular weight is 430 g/mol. The van der Waals surface area contributed by atoms with Gasteiger partial charge in [0, 0.05) is 29.0 Å². The Hall–Kier alpha value is -2.64. The lowest BCUT2D eigenvalue weighted by Crippen LogP contribution is -2.31. The van der Waals surface area contributed by atoms with Crippen molar-refractivity contribution in [2.24, 2.45) is 18.6 Å². The van der Waals surface area contributed by atoms with Crippen molar-refractivity contribution in [1.29, 1.82) is 0 Å². The Kier molecular flexibility index (Phi) is 6.76. The maximum Gasteiger partial charge on any atom is 0.224 e. The Morgan fingerprint density at radius 3 is 2.67 bits per heavy atom. The van der Waals surface area contributed by atoms with E-state index in [0.717, 1.165) is 27.0 Å². The summed E-state index contributed by atoms with van der Waals surface area (Å²) < 4.78 is 2.49. The van der Waals surface area contributed by atoms with Gasteiger partial charge >= 0.3 is 0 Å². The number of primary amides is 1. The molecule has 1 unspecified atom stereocenters. The van der Waals surface area contributed by atoms with Crippen LogP contribution in [-0.2, 0) is 11.8 Å². The zero-order valence-corrected chi connectivity index (χ0v) is 17.3. The van der Waals surface area contributed by atoms with Crippen LogP contribution < -0.4 is 16.6 Å². The van der Waals surface area contributed by atoms with Crippen LogP contribution in [-0.4, -0.2) is 15.7 Å². The van der Waals surface area contributed by atoms with Crippen molar-refractivity contribution in [3.63, 3.8) is 0 Å². The Morgan fingerprint density at radius 1 is 1.41 bits per heavy atom. The first kappa shape index (κ1) is 20.7. The molecule has 1 heterocycles. The third kappa shape index (κ3) is 5.18. The van der Waals surface area contributed by atoms with Crippen LogP contribution >= 0.6 is 15.9 Å². The maximum atomic E-state index is 11.8. The highest BCUT2D eigenvalue weighted by molar-refractivity contribution is 9.11. The van der Waals surface area contributed by atoms with E-state index in [-0.39, 0.29) is 0 Å². The quantitative estimate of drug-likeness (QED) is 0.398. The Labute approximate surface area is 167 Å². The molecular formula is C20H24BrN5O. The number of amides is 1. The maximum absolute atomic E-state index is 11.8. The standard InChI is InChI=1S/C20H24BrN5O/c1-13(21)6-5-7-14(2)26(23)19-9-8-16(18-10-11-25(4)24-18)12-17(19)15(3)20(22)27/h5-12,15H,1,23H2,2-4H3,(H2,22,27)/b6-5-,14-7+. The summed E-state index contributed by atoms with van der Waals surface area (Å²) in [6.45, 7) is 7.40. The molecule has 2 aromatic rings. The van der Waals surface area contributed by atoms with Crippen molar-refractivity contribution in [3.05, 3.63) is 71.0 Å². The Balaban J connectivity index is 2.48. The summed E-state index contributed by atoms with van der Waals surface area (Å²) in [4.78, 5) is 11.8. The van der Waals surface area contributed by atoms with E-state index in [1.165, 1.54) is 5.01 Å². The van der Waals surface area contributed by atoms with E-state index in [1.807, 2.05) is 62.7 Å². The molecule has 1 aromatic carbocycles. The topological polar surface area (TPSA) is 90.2 Å². The van der Waals surface area contributed by atoms with Gasteiger partial charge in [-0.05, 0) is 49.8 Å². The van der Waals surface area contributed by atoms with Gasteiger partial charge < -0.3 is 5.73 Å². The van der Waals surface area contributed by atoms with Gasteiger partial charge in [0.2, 0.25) is 5.91 Å². The minimum absolute atomic E-state index is 0.417. The molecule has 7 heteroatoms. The van der Waals surface area contributed by atoms with Crippen molar-refractivity contribution in [2.75, 3.05) is 5.01 Å². The van der Waals surface area contributed by atoms with Gasteiger partial charge in [-0.3, -0.25) is 14.5 Å². The van der Waals surface area contributed by atoms with E-state index in [2.05, 4.69) is 27.6 Å². The van der Waals surface area contributed by atoms with Gasteiger partial charge in [0.15, 0.2) is 0 Å². The van der Waals surface area contributed by atoms with Gasteiger partial charge in [0.05, 0.1) is 17.3 Å². The number of hydrogen-bond acceptors (Lipinski definition) is 4. The van der Waals surface area contributed by atoms with Crippen molar-refractivity contribution in [3.8, 4) is 11.3 Å². The Bertz CT molecular complexity index is 913. The zero-order valence-electron chi connectivity index (χ0n) is 15.7. The molecular weight excluding hydrogens is 406 g/mol. The zero-order chi connectivity index (χ0) is 20.1. The third-order valence-electron chi connectivity index (χ3n) is 4.18. The average Bonchev–Trinajstić information content (AvgIpc) is 3.05. The first-order valence-corrected chi connectivity index (χ1v) is 9.17. The van der Waals surface area contributed by atoms with Crippen molar-refractivity contribution in [2.45, 2.75) is 19.8 Å². The summed E-state index contributed by atoms with van der Waals surface area (Å²) in [5, 5.41) is 5.96. The number of aromatic nitrogens is 2. The lowest BCUT2D eigenvalue weighted by Gasteiger charge is -2.24. The molecule has 2 rings (SSSR count). The molecule has 4 N–H and O–H groups in total. The number of nitrogens with two attached hydrogens (primary N) is 2. The molecule has 142 valence electrons. The molecule has 1 amide bonds.